The van der Waals surface area contributed by atoms with Crippen molar-refractivity contribution in [3.8, 4) is 5.75 Å². The van der Waals surface area contributed by atoms with Gasteiger partial charge in [-0.05, 0) is 53.4 Å². The van der Waals surface area contributed by atoms with Crippen LogP contribution in [0.1, 0.15) is 16.7 Å². The topological polar surface area (TPSA) is 116 Å². The number of rotatable bonds is 7. The largest absolute Gasteiger partial charge is 0.508 e. The molecule has 9 heteroatoms. The molecule has 1 unspecified atom stereocenters. The maximum Gasteiger partial charge on any atom is 0.320 e. The number of nitrogens with one attached hydrogen (secondary N) is 1. The summed E-state index contributed by atoms with van der Waals surface area (Å²) in [7, 11) is 0. The lowest BCUT2D eigenvalue weighted by Crippen LogP contribution is -2.32. The van der Waals surface area contributed by atoms with Gasteiger partial charge in [-0.3, -0.25) is 9.59 Å². The van der Waals surface area contributed by atoms with E-state index >= 15 is 0 Å². The number of carbonyl (C=O) groups is 1. The van der Waals surface area contributed by atoms with Gasteiger partial charge in [-0.2, -0.15) is 0 Å². The molecule has 0 saturated carbocycles. The number of carboxylic acid groups (broad SMARTS) is 1. The molecular weight excluding hydrogens is 447 g/mol. The van der Waals surface area contributed by atoms with Crippen molar-refractivity contribution in [3.63, 3.8) is 0 Å². The molecule has 0 bridgehead atoms. The number of hydrogen-bond acceptors (Lipinski definition) is 5. The van der Waals surface area contributed by atoms with Gasteiger partial charge in [0, 0.05) is 28.5 Å². The SMILES string of the molecule is NC(Cc1cc(Cl)c(Sc2ccc(O)c(Cc3ccc(=O)[nH]c3)c2)c(Cl)c1)C(=O)O. The van der Waals surface area contributed by atoms with Crippen LogP contribution < -0.4 is 11.3 Å². The molecule has 5 N–H and O–H groups in total. The Kier molecular flexibility index (Phi) is 7.10. The molecule has 0 spiro atoms. The van der Waals surface area contributed by atoms with E-state index in [0.29, 0.717) is 32.5 Å². The van der Waals surface area contributed by atoms with Gasteiger partial charge in [0.2, 0.25) is 5.56 Å². The van der Waals surface area contributed by atoms with Crippen LogP contribution in [0, 0.1) is 0 Å². The number of aliphatic carboxylic acids is 1. The van der Waals surface area contributed by atoms with E-state index in [1.54, 1.807) is 36.5 Å². The van der Waals surface area contributed by atoms with Gasteiger partial charge in [0.25, 0.3) is 0 Å². The third kappa shape index (κ3) is 5.58. The van der Waals surface area contributed by atoms with Gasteiger partial charge in [-0.1, -0.05) is 41.0 Å². The Hall–Kier alpha value is -2.45. The molecule has 0 saturated heterocycles. The Morgan fingerprint density at radius 2 is 1.80 bits per heavy atom. The van der Waals surface area contributed by atoms with Gasteiger partial charge in [-0.25, -0.2) is 0 Å². The summed E-state index contributed by atoms with van der Waals surface area (Å²) in [6.45, 7) is 0. The molecule has 0 aliphatic rings. The molecule has 6 nitrogen and oxygen atoms in total. The molecule has 1 aromatic heterocycles. The standard InChI is InChI=1S/C21H18Cl2N2O4S/c22-15-6-12(8-17(24)21(28)29)7-16(23)20(15)30-14-2-3-18(26)13(9-14)5-11-1-4-19(27)25-10-11/h1-4,6-7,9-10,17,26H,5,8,24H2,(H,25,27)(H,28,29). The summed E-state index contributed by atoms with van der Waals surface area (Å²) in [5.74, 6) is -0.958. The fourth-order valence-electron chi connectivity index (χ4n) is 2.83. The Labute approximate surface area is 186 Å². The van der Waals surface area contributed by atoms with E-state index in [0.717, 1.165) is 10.5 Å². The zero-order chi connectivity index (χ0) is 21.8. The molecule has 30 heavy (non-hydrogen) atoms. The zero-order valence-corrected chi connectivity index (χ0v) is 17.9. The van der Waals surface area contributed by atoms with Crippen LogP contribution in [-0.2, 0) is 17.6 Å². The van der Waals surface area contributed by atoms with Crippen LogP contribution in [0.4, 0.5) is 0 Å². The molecule has 1 heterocycles. The fourth-order valence-corrected chi connectivity index (χ4v) is 4.48. The van der Waals surface area contributed by atoms with Gasteiger partial charge in [0.1, 0.15) is 11.8 Å². The number of pyridine rings is 1. The second-order valence-electron chi connectivity index (χ2n) is 6.67. The van der Waals surface area contributed by atoms with E-state index in [-0.39, 0.29) is 17.7 Å². The van der Waals surface area contributed by atoms with E-state index < -0.39 is 12.0 Å². The van der Waals surface area contributed by atoms with Crippen molar-refractivity contribution in [1.29, 1.82) is 0 Å². The molecular formula is C21H18Cl2N2O4S. The number of H-pyrrole nitrogens is 1. The summed E-state index contributed by atoms with van der Waals surface area (Å²) in [6.07, 6.45) is 2.16. The molecule has 1 atom stereocenters. The second-order valence-corrected chi connectivity index (χ2v) is 8.57. The number of benzene rings is 2. The number of phenolic OH excluding ortho intramolecular Hbond substituents is 1. The Bertz CT molecular complexity index is 1110. The second kappa shape index (κ2) is 9.57. The average molecular weight is 465 g/mol. The van der Waals surface area contributed by atoms with E-state index in [1.165, 1.54) is 17.8 Å². The summed E-state index contributed by atoms with van der Waals surface area (Å²) in [5, 5.41) is 19.9. The molecule has 0 aliphatic carbocycles. The Morgan fingerprint density at radius 1 is 1.10 bits per heavy atom. The van der Waals surface area contributed by atoms with Crippen molar-refractivity contribution in [3.05, 3.63) is 85.8 Å². The van der Waals surface area contributed by atoms with E-state index in [2.05, 4.69) is 4.98 Å². The van der Waals surface area contributed by atoms with Crippen LogP contribution >= 0.6 is 35.0 Å². The Balaban J connectivity index is 1.83. The number of nitrogens with two attached hydrogens (primary N) is 1. The molecule has 0 aliphatic heterocycles. The predicted octanol–water partition coefficient (Wildman–Crippen LogP) is 4.08. The first-order valence-corrected chi connectivity index (χ1v) is 10.4. The first-order valence-electron chi connectivity index (χ1n) is 8.86. The summed E-state index contributed by atoms with van der Waals surface area (Å²) in [6, 6.07) is 10.6. The van der Waals surface area contributed by atoms with Crippen LogP contribution in [0.2, 0.25) is 10.0 Å². The third-order valence-corrected chi connectivity index (χ3v) is 6.30. The van der Waals surface area contributed by atoms with Gasteiger partial charge < -0.3 is 20.9 Å². The minimum absolute atomic E-state index is 0.113. The summed E-state index contributed by atoms with van der Waals surface area (Å²) >= 11 is 14.1. The molecule has 156 valence electrons. The first-order chi connectivity index (χ1) is 14.2. The Morgan fingerprint density at radius 3 is 2.40 bits per heavy atom. The maximum absolute atomic E-state index is 11.2. The molecule has 3 aromatic rings. The summed E-state index contributed by atoms with van der Waals surface area (Å²) < 4.78 is 0. The number of halogens is 2. The highest BCUT2D eigenvalue weighted by molar-refractivity contribution is 7.99. The smallest absolute Gasteiger partial charge is 0.320 e. The van der Waals surface area contributed by atoms with Crippen LogP contribution in [0.25, 0.3) is 0 Å². The molecule has 0 fully saturated rings. The van der Waals surface area contributed by atoms with E-state index in [1.807, 2.05) is 6.07 Å². The minimum Gasteiger partial charge on any atom is -0.508 e. The van der Waals surface area contributed by atoms with Crippen molar-refractivity contribution >= 4 is 40.9 Å². The highest BCUT2D eigenvalue weighted by atomic mass is 35.5. The van der Waals surface area contributed by atoms with Gasteiger partial charge in [-0.15, -0.1) is 0 Å². The van der Waals surface area contributed by atoms with Crippen LogP contribution in [0.3, 0.4) is 0 Å². The van der Waals surface area contributed by atoms with Crippen molar-refractivity contribution in [2.45, 2.75) is 28.7 Å². The number of carboxylic acids is 1. The number of aromatic amines is 1. The number of hydrogen-bond donors (Lipinski definition) is 4. The number of aromatic hydroxyl groups is 1. The minimum atomic E-state index is -1.10. The lowest BCUT2D eigenvalue weighted by Gasteiger charge is -2.13. The molecule has 2 aromatic carbocycles. The quantitative estimate of drug-likeness (QED) is 0.418. The van der Waals surface area contributed by atoms with E-state index in [9.17, 15) is 14.7 Å². The number of aromatic nitrogens is 1. The first kappa shape index (κ1) is 22.2. The normalized spacial score (nSPS) is 12.0. The molecule has 3 rings (SSSR count). The van der Waals surface area contributed by atoms with Crippen molar-refractivity contribution in [1.82, 2.24) is 4.98 Å². The van der Waals surface area contributed by atoms with E-state index in [4.69, 9.17) is 34.0 Å². The van der Waals surface area contributed by atoms with Gasteiger partial charge in [0.15, 0.2) is 0 Å². The highest BCUT2D eigenvalue weighted by Gasteiger charge is 2.16. The number of phenols is 1. The lowest BCUT2D eigenvalue weighted by molar-refractivity contribution is -0.138. The van der Waals surface area contributed by atoms with Crippen molar-refractivity contribution in [2.24, 2.45) is 5.73 Å². The summed E-state index contributed by atoms with van der Waals surface area (Å²) in [5.41, 5.74) is 7.55. The molecule has 0 radical (unpaired) electrons. The van der Waals surface area contributed by atoms with Gasteiger partial charge in [0.05, 0.1) is 10.0 Å². The molecule has 0 amide bonds. The maximum atomic E-state index is 11.2. The highest BCUT2D eigenvalue weighted by Crippen LogP contribution is 2.40. The fraction of sp³-hybridized carbons (Fsp3) is 0.143. The van der Waals surface area contributed by atoms with Crippen molar-refractivity contribution in [2.75, 3.05) is 0 Å². The van der Waals surface area contributed by atoms with Gasteiger partial charge >= 0.3 is 5.97 Å². The van der Waals surface area contributed by atoms with Crippen LogP contribution in [-0.4, -0.2) is 27.2 Å². The predicted molar refractivity (Wildman–Crippen MR) is 118 cm³/mol. The third-order valence-electron chi connectivity index (χ3n) is 4.34. The monoisotopic (exact) mass is 464 g/mol. The average Bonchev–Trinajstić information content (AvgIpc) is 2.68. The summed E-state index contributed by atoms with van der Waals surface area (Å²) in [4.78, 5) is 26.2. The lowest BCUT2D eigenvalue weighted by atomic mass is 10.1. The van der Waals surface area contributed by atoms with Crippen molar-refractivity contribution < 1.29 is 15.0 Å². The zero-order valence-electron chi connectivity index (χ0n) is 15.6. The van der Waals surface area contributed by atoms with Crippen LogP contribution in [0.5, 0.6) is 5.75 Å². The van der Waals surface area contributed by atoms with Crippen LogP contribution in [0.15, 0.2) is 63.2 Å².